The van der Waals surface area contributed by atoms with Crippen molar-refractivity contribution in [3.63, 3.8) is 0 Å². The van der Waals surface area contributed by atoms with Crippen molar-refractivity contribution in [3.05, 3.63) is 60.8 Å². The maximum Gasteiger partial charge on any atom is 0.306 e. The molecule has 0 radical (unpaired) electrons. The molecule has 6 nitrogen and oxygen atoms in total. The van der Waals surface area contributed by atoms with E-state index in [2.05, 4.69) is 86.8 Å². The van der Waals surface area contributed by atoms with Gasteiger partial charge >= 0.3 is 5.97 Å². The molecule has 0 heterocycles. The summed E-state index contributed by atoms with van der Waals surface area (Å²) >= 11 is 0. The van der Waals surface area contributed by atoms with Crippen molar-refractivity contribution in [2.24, 2.45) is 0 Å². The number of rotatable bonds is 46. The molecular weight excluding hydrogens is 755 g/mol. The van der Waals surface area contributed by atoms with Crippen LogP contribution in [0.1, 0.15) is 252 Å². The van der Waals surface area contributed by atoms with Gasteiger partial charge < -0.3 is 20.3 Å². The first kappa shape index (κ1) is 58.6. The number of ether oxygens (including phenoxy) is 1. The quantitative estimate of drug-likeness (QED) is 0.0322. The van der Waals surface area contributed by atoms with E-state index in [1.807, 2.05) is 0 Å². The standard InChI is InChI=1S/C55H99NO5/c1-4-7-10-13-16-19-22-24-26-27-28-30-33-36-39-42-45-48-55(60)61-51(46-43-40-37-34-31-21-18-15-12-9-6-3)49-54(59)56-52(50-57)53(58)47-44-41-38-35-32-29-25-23-20-17-14-11-8-5-2/h16,19,24,26,28,30,34,36-37,39,51-53,57-58H,4-15,17-18,20-23,25,27,29,31-33,35,38,40-50H2,1-3H3,(H,56,59)/b19-16-,26-24-,30-28-,37-34-,39-36-. The second-order valence-electron chi connectivity index (χ2n) is 17.6. The van der Waals surface area contributed by atoms with Crippen LogP contribution in [0.5, 0.6) is 0 Å². The number of aliphatic hydroxyl groups excluding tert-OH is 2. The minimum absolute atomic E-state index is 0.0342. The van der Waals surface area contributed by atoms with Crippen molar-refractivity contribution in [1.29, 1.82) is 0 Å². The Labute approximate surface area is 378 Å². The highest BCUT2D eigenvalue weighted by molar-refractivity contribution is 5.77. The average Bonchev–Trinajstić information content (AvgIpc) is 3.25. The lowest BCUT2D eigenvalue weighted by Gasteiger charge is -2.24. The van der Waals surface area contributed by atoms with Gasteiger partial charge in [-0.2, -0.15) is 0 Å². The molecule has 3 N–H and O–H groups in total. The molecule has 0 aliphatic rings. The molecule has 1 amide bonds. The van der Waals surface area contributed by atoms with Crippen LogP contribution in [0.25, 0.3) is 0 Å². The van der Waals surface area contributed by atoms with Gasteiger partial charge in [0.05, 0.1) is 25.2 Å². The molecule has 0 saturated carbocycles. The summed E-state index contributed by atoms with van der Waals surface area (Å²) < 4.78 is 5.88. The van der Waals surface area contributed by atoms with Crippen LogP contribution in [0.4, 0.5) is 0 Å². The van der Waals surface area contributed by atoms with E-state index in [4.69, 9.17) is 4.74 Å². The number of esters is 1. The zero-order chi connectivity index (χ0) is 44.5. The monoisotopic (exact) mass is 854 g/mol. The molecule has 61 heavy (non-hydrogen) atoms. The summed E-state index contributed by atoms with van der Waals surface area (Å²) in [4.78, 5) is 26.1. The minimum atomic E-state index is -0.804. The highest BCUT2D eigenvalue weighted by Crippen LogP contribution is 2.17. The Morgan fingerprint density at radius 3 is 1.34 bits per heavy atom. The van der Waals surface area contributed by atoms with E-state index in [1.165, 1.54) is 135 Å². The third-order valence-electron chi connectivity index (χ3n) is 11.6. The molecule has 0 aromatic rings. The van der Waals surface area contributed by atoms with Crippen molar-refractivity contribution in [2.45, 2.75) is 270 Å². The van der Waals surface area contributed by atoms with E-state index < -0.39 is 18.2 Å². The van der Waals surface area contributed by atoms with Crippen molar-refractivity contribution >= 4 is 11.9 Å². The highest BCUT2D eigenvalue weighted by atomic mass is 16.5. The first-order chi connectivity index (χ1) is 30.0. The molecule has 0 rings (SSSR count). The molecule has 0 aliphatic carbocycles. The van der Waals surface area contributed by atoms with E-state index in [1.54, 1.807) is 0 Å². The van der Waals surface area contributed by atoms with Gasteiger partial charge in [-0.25, -0.2) is 0 Å². The number of carbonyl (C=O) groups excluding carboxylic acids is 2. The van der Waals surface area contributed by atoms with Gasteiger partial charge in [0, 0.05) is 6.42 Å². The van der Waals surface area contributed by atoms with E-state index >= 15 is 0 Å². The van der Waals surface area contributed by atoms with Crippen LogP contribution >= 0.6 is 0 Å². The lowest BCUT2D eigenvalue weighted by atomic mass is 10.0. The Morgan fingerprint density at radius 1 is 0.475 bits per heavy atom. The van der Waals surface area contributed by atoms with Crippen LogP contribution < -0.4 is 5.32 Å². The van der Waals surface area contributed by atoms with E-state index in [-0.39, 0.29) is 24.9 Å². The van der Waals surface area contributed by atoms with Crippen molar-refractivity contribution in [1.82, 2.24) is 5.32 Å². The highest BCUT2D eigenvalue weighted by Gasteiger charge is 2.24. The molecule has 3 unspecified atom stereocenters. The van der Waals surface area contributed by atoms with Crippen molar-refractivity contribution in [2.75, 3.05) is 6.61 Å². The number of hydrogen-bond acceptors (Lipinski definition) is 5. The number of allylic oxidation sites excluding steroid dienone is 10. The Bertz CT molecular complexity index is 1090. The van der Waals surface area contributed by atoms with Gasteiger partial charge in [-0.3, -0.25) is 9.59 Å². The van der Waals surface area contributed by atoms with Crippen LogP contribution in [0.2, 0.25) is 0 Å². The van der Waals surface area contributed by atoms with Crippen LogP contribution in [0, 0.1) is 0 Å². The van der Waals surface area contributed by atoms with Gasteiger partial charge in [-0.15, -0.1) is 0 Å². The number of unbranched alkanes of at least 4 members (excludes halogenated alkanes) is 24. The zero-order valence-electron chi connectivity index (χ0n) is 40.3. The van der Waals surface area contributed by atoms with Crippen molar-refractivity contribution in [3.8, 4) is 0 Å². The molecular formula is C55H99NO5. The second kappa shape index (κ2) is 48.6. The van der Waals surface area contributed by atoms with Crippen molar-refractivity contribution < 1.29 is 24.5 Å². The summed E-state index contributed by atoms with van der Waals surface area (Å²) in [5.74, 6) is -0.569. The molecule has 6 heteroatoms. The fourth-order valence-electron chi connectivity index (χ4n) is 7.60. The minimum Gasteiger partial charge on any atom is -0.462 e. The first-order valence-electron chi connectivity index (χ1n) is 26.0. The third-order valence-corrected chi connectivity index (χ3v) is 11.6. The van der Waals surface area contributed by atoms with E-state index in [9.17, 15) is 19.8 Å². The predicted octanol–water partition coefficient (Wildman–Crippen LogP) is 15.6. The van der Waals surface area contributed by atoms with Crippen LogP contribution in [0.3, 0.4) is 0 Å². The SMILES string of the molecule is CCCCC/C=C\C/C=C\C/C=C\C/C=C\CCCC(=O)OC(CCC/C=C\CCCCCCCC)CC(=O)NC(CO)C(O)CCCCCCCCCCCCCCCC. The van der Waals surface area contributed by atoms with Gasteiger partial charge in [0.15, 0.2) is 0 Å². The summed E-state index contributed by atoms with van der Waals surface area (Å²) in [5, 5.41) is 23.7. The zero-order valence-corrected chi connectivity index (χ0v) is 40.3. The average molecular weight is 854 g/mol. The lowest BCUT2D eigenvalue weighted by Crippen LogP contribution is -2.46. The maximum absolute atomic E-state index is 13.2. The Kier molecular flexibility index (Phi) is 46.6. The fraction of sp³-hybridized carbons (Fsp3) is 0.782. The maximum atomic E-state index is 13.2. The molecule has 354 valence electrons. The van der Waals surface area contributed by atoms with Gasteiger partial charge in [-0.1, -0.05) is 216 Å². The normalized spacial score (nSPS) is 13.7. The number of carbonyl (C=O) groups is 2. The second-order valence-corrected chi connectivity index (χ2v) is 17.6. The predicted molar refractivity (Wildman–Crippen MR) is 264 cm³/mol. The summed E-state index contributed by atoms with van der Waals surface area (Å²) in [6.45, 7) is 6.43. The van der Waals surface area contributed by atoms with Gasteiger partial charge in [0.25, 0.3) is 0 Å². The van der Waals surface area contributed by atoms with Crippen LogP contribution in [0.15, 0.2) is 60.8 Å². The smallest absolute Gasteiger partial charge is 0.306 e. The van der Waals surface area contributed by atoms with E-state index in [0.717, 1.165) is 64.2 Å². The summed E-state index contributed by atoms with van der Waals surface area (Å²) in [6, 6.07) is -0.721. The molecule has 0 fully saturated rings. The topological polar surface area (TPSA) is 95.9 Å². The lowest BCUT2D eigenvalue weighted by molar-refractivity contribution is -0.151. The molecule has 3 atom stereocenters. The molecule has 0 spiro atoms. The summed E-state index contributed by atoms with van der Waals surface area (Å²) in [7, 11) is 0. The molecule has 0 aliphatic heterocycles. The molecule has 0 saturated heterocycles. The fourth-order valence-corrected chi connectivity index (χ4v) is 7.60. The number of nitrogens with one attached hydrogen (secondary N) is 1. The Hall–Kier alpha value is -2.44. The first-order valence-corrected chi connectivity index (χ1v) is 26.0. The third kappa shape index (κ3) is 44.0. The van der Waals surface area contributed by atoms with Gasteiger partial charge in [-0.05, 0) is 83.5 Å². The number of amides is 1. The molecule has 0 bridgehead atoms. The number of hydrogen-bond donors (Lipinski definition) is 3. The largest absolute Gasteiger partial charge is 0.462 e. The van der Waals surface area contributed by atoms with Crippen LogP contribution in [-0.4, -0.2) is 46.9 Å². The summed E-state index contributed by atoms with van der Waals surface area (Å²) in [6.07, 6.45) is 60.0. The Morgan fingerprint density at radius 2 is 0.852 bits per heavy atom. The van der Waals surface area contributed by atoms with E-state index in [0.29, 0.717) is 25.7 Å². The van der Waals surface area contributed by atoms with Gasteiger partial charge in [0.2, 0.25) is 5.91 Å². The summed E-state index contributed by atoms with van der Waals surface area (Å²) in [5.41, 5.74) is 0. The molecule has 0 aromatic heterocycles. The Balaban J connectivity index is 4.63. The van der Waals surface area contributed by atoms with Crippen LogP contribution in [-0.2, 0) is 14.3 Å². The van der Waals surface area contributed by atoms with Gasteiger partial charge in [0.1, 0.15) is 6.10 Å². The number of aliphatic hydroxyl groups is 2. The molecule has 0 aromatic carbocycles.